The highest BCUT2D eigenvalue weighted by Gasteiger charge is 2.19. The van der Waals surface area contributed by atoms with Gasteiger partial charge in [0.05, 0.1) is 17.6 Å². The topological polar surface area (TPSA) is 87.3 Å². The van der Waals surface area contributed by atoms with Crippen LogP contribution in [0.4, 0.5) is 4.79 Å². The maximum atomic E-state index is 12.0. The Morgan fingerprint density at radius 2 is 2.24 bits per heavy atom. The highest BCUT2D eigenvalue weighted by Crippen LogP contribution is 2.19. The van der Waals surface area contributed by atoms with Crippen LogP contribution in [0.3, 0.4) is 0 Å². The minimum atomic E-state index is -0.298. The van der Waals surface area contributed by atoms with E-state index in [9.17, 15) is 9.59 Å². The zero-order valence-corrected chi connectivity index (χ0v) is 14.7. The molecule has 0 saturated carbocycles. The lowest BCUT2D eigenvalue weighted by molar-refractivity contribution is -0.121. The van der Waals surface area contributed by atoms with Crippen LogP contribution in [0, 0.1) is 13.8 Å². The number of amides is 2. The summed E-state index contributed by atoms with van der Waals surface area (Å²) in [7, 11) is 0. The monoisotopic (exact) mass is 344 g/mol. The van der Waals surface area contributed by atoms with Gasteiger partial charge >= 0.3 is 6.09 Å². The van der Waals surface area contributed by atoms with Gasteiger partial charge in [0.25, 0.3) is 0 Å². The molecular formula is C18H24N4O3. The van der Waals surface area contributed by atoms with Gasteiger partial charge in [0.15, 0.2) is 0 Å². The highest BCUT2D eigenvalue weighted by molar-refractivity contribution is 5.80. The minimum Gasteiger partial charge on any atom is -0.449 e. The van der Waals surface area contributed by atoms with E-state index in [2.05, 4.69) is 35.2 Å². The van der Waals surface area contributed by atoms with Crippen LogP contribution in [-0.4, -0.2) is 53.1 Å². The molecule has 3 rings (SSSR count). The number of imidazole rings is 1. The smallest absolute Gasteiger partial charge is 0.409 e. The molecule has 2 aromatic rings. The lowest BCUT2D eigenvalue weighted by Gasteiger charge is -2.26. The fraction of sp³-hybridized carbons (Fsp3) is 0.500. The molecule has 25 heavy (non-hydrogen) atoms. The van der Waals surface area contributed by atoms with Gasteiger partial charge < -0.3 is 19.9 Å². The van der Waals surface area contributed by atoms with Crippen molar-refractivity contribution in [1.82, 2.24) is 20.2 Å². The third kappa shape index (κ3) is 4.10. The number of aromatic nitrogens is 2. The van der Waals surface area contributed by atoms with Crippen LogP contribution < -0.4 is 5.32 Å². The second kappa shape index (κ2) is 7.55. The molecule has 1 saturated heterocycles. The Morgan fingerprint density at radius 1 is 1.40 bits per heavy atom. The van der Waals surface area contributed by atoms with Crippen LogP contribution in [0.1, 0.15) is 29.8 Å². The van der Waals surface area contributed by atoms with Gasteiger partial charge in [-0.15, -0.1) is 0 Å². The number of benzene rings is 1. The van der Waals surface area contributed by atoms with E-state index >= 15 is 0 Å². The van der Waals surface area contributed by atoms with E-state index < -0.39 is 0 Å². The molecule has 7 heteroatoms. The maximum absolute atomic E-state index is 12.0. The molecule has 1 aliphatic heterocycles. The molecule has 1 aromatic heterocycles. The average Bonchev–Trinajstić information content (AvgIpc) is 3.02. The summed E-state index contributed by atoms with van der Waals surface area (Å²) in [6, 6.07) is 4.09. The molecule has 134 valence electrons. The lowest BCUT2D eigenvalue weighted by atomic mass is 10.1. The summed E-state index contributed by atoms with van der Waals surface area (Å²) in [6.45, 7) is 6.21. The van der Waals surface area contributed by atoms with Crippen molar-refractivity contribution in [3.63, 3.8) is 0 Å². The Hall–Kier alpha value is -2.57. The predicted molar refractivity (Wildman–Crippen MR) is 94.4 cm³/mol. The van der Waals surface area contributed by atoms with E-state index in [0.29, 0.717) is 39.1 Å². The first-order chi connectivity index (χ1) is 12.0. The number of hydrogen-bond acceptors (Lipinski definition) is 4. The molecule has 1 fully saturated rings. The number of aryl methyl sites for hydroxylation is 3. The van der Waals surface area contributed by atoms with E-state index in [0.717, 1.165) is 28.8 Å². The molecule has 0 radical (unpaired) electrons. The zero-order chi connectivity index (χ0) is 17.8. The van der Waals surface area contributed by atoms with E-state index in [1.54, 1.807) is 4.90 Å². The third-order valence-corrected chi connectivity index (χ3v) is 4.58. The van der Waals surface area contributed by atoms with Crippen LogP contribution >= 0.6 is 0 Å². The molecule has 2 N–H and O–H groups in total. The summed E-state index contributed by atoms with van der Waals surface area (Å²) in [6.07, 6.45) is 1.46. The molecule has 2 heterocycles. The van der Waals surface area contributed by atoms with Crippen molar-refractivity contribution >= 4 is 23.0 Å². The minimum absolute atomic E-state index is 0.0428. The molecule has 0 unspecified atom stereocenters. The molecule has 0 bridgehead atoms. The zero-order valence-electron chi connectivity index (χ0n) is 14.7. The fourth-order valence-electron chi connectivity index (χ4n) is 2.93. The Bertz CT molecular complexity index is 784. The quantitative estimate of drug-likeness (QED) is 0.840. The van der Waals surface area contributed by atoms with Gasteiger partial charge in [-0.05, 0) is 37.5 Å². The van der Waals surface area contributed by atoms with Crippen molar-refractivity contribution in [3.05, 3.63) is 29.1 Å². The lowest BCUT2D eigenvalue weighted by Crippen LogP contribution is -2.42. The summed E-state index contributed by atoms with van der Waals surface area (Å²) >= 11 is 0. The number of fused-ring (bicyclic) bond motifs is 1. The first-order valence-electron chi connectivity index (χ1n) is 8.68. The summed E-state index contributed by atoms with van der Waals surface area (Å²) < 4.78 is 4.96. The van der Waals surface area contributed by atoms with Crippen molar-refractivity contribution in [2.45, 2.75) is 33.1 Å². The Labute approximate surface area is 146 Å². The Morgan fingerprint density at radius 3 is 3.04 bits per heavy atom. The van der Waals surface area contributed by atoms with E-state index in [-0.39, 0.29) is 12.0 Å². The van der Waals surface area contributed by atoms with Gasteiger partial charge in [-0.3, -0.25) is 4.79 Å². The largest absolute Gasteiger partial charge is 0.449 e. The molecule has 0 spiro atoms. The highest BCUT2D eigenvalue weighted by atomic mass is 16.6. The molecular weight excluding hydrogens is 320 g/mol. The number of nitrogens with zero attached hydrogens (tertiary/aromatic N) is 2. The SMILES string of the molecule is Cc1ccc2[nH]c(CCC(=O)NCCN3CCCOC3=O)nc2c1C. The van der Waals surface area contributed by atoms with Crippen molar-refractivity contribution in [1.29, 1.82) is 0 Å². The van der Waals surface area contributed by atoms with Crippen molar-refractivity contribution in [3.8, 4) is 0 Å². The number of carbonyl (C=O) groups excluding carboxylic acids is 2. The summed E-state index contributed by atoms with van der Waals surface area (Å²) in [5, 5.41) is 2.84. The van der Waals surface area contributed by atoms with Gasteiger partial charge in [-0.1, -0.05) is 6.07 Å². The van der Waals surface area contributed by atoms with Gasteiger partial charge in [0.2, 0.25) is 5.91 Å². The van der Waals surface area contributed by atoms with Gasteiger partial charge in [0, 0.05) is 32.5 Å². The van der Waals surface area contributed by atoms with Crippen molar-refractivity contribution < 1.29 is 14.3 Å². The number of hydrogen-bond donors (Lipinski definition) is 2. The Balaban J connectivity index is 1.46. The molecule has 0 aliphatic carbocycles. The second-order valence-electron chi connectivity index (χ2n) is 6.39. The number of ether oxygens (including phenoxy) is 1. The predicted octanol–water partition coefficient (Wildman–Crippen LogP) is 2.07. The van der Waals surface area contributed by atoms with Crippen LogP contribution in [0.2, 0.25) is 0 Å². The number of aromatic amines is 1. The second-order valence-corrected chi connectivity index (χ2v) is 6.39. The molecule has 2 amide bonds. The Kier molecular flexibility index (Phi) is 5.21. The maximum Gasteiger partial charge on any atom is 0.409 e. The van der Waals surface area contributed by atoms with Crippen molar-refractivity contribution in [2.75, 3.05) is 26.2 Å². The van der Waals surface area contributed by atoms with Crippen LogP contribution in [-0.2, 0) is 16.0 Å². The van der Waals surface area contributed by atoms with Crippen LogP contribution in [0.5, 0.6) is 0 Å². The normalized spacial score (nSPS) is 14.6. The standard InChI is InChI=1S/C18H24N4O3/c1-12-4-5-14-17(13(12)2)21-15(20-14)6-7-16(23)19-8-10-22-9-3-11-25-18(22)24/h4-5H,3,6-11H2,1-2H3,(H,19,23)(H,20,21). The number of carbonyl (C=O) groups is 2. The van der Waals surface area contributed by atoms with Crippen LogP contribution in [0.15, 0.2) is 12.1 Å². The molecule has 1 aromatic carbocycles. The van der Waals surface area contributed by atoms with Gasteiger partial charge in [-0.2, -0.15) is 0 Å². The van der Waals surface area contributed by atoms with E-state index in [1.165, 1.54) is 5.56 Å². The summed E-state index contributed by atoms with van der Waals surface area (Å²) in [4.78, 5) is 33.0. The van der Waals surface area contributed by atoms with Gasteiger partial charge in [-0.25, -0.2) is 9.78 Å². The van der Waals surface area contributed by atoms with E-state index in [4.69, 9.17) is 4.74 Å². The fourth-order valence-corrected chi connectivity index (χ4v) is 2.93. The number of nitrogens with one attached hydrogen (secondary N) is 2. The number of rotatable bonds is 6. The first-order valence-corrected chi connectivity index (χ1v) is 8.68. The van der Waals surface area contributed by atoms with E-state index in [1.807, 2.05) is 6.07 Å². The van der Waals surface area contributed by atoms with Crippen molar-refractivity contribution in [2.24, 2.45) is 0 Å². The molecule has 0 atom stereocenters. The summed E-state index contributed by atoms with van der Waals surface area (Å²) in [5.41, 5.74) is 4.35. The van der Waals surface area contributed by atoms with Crippen LogP contribution in [0.25, 0.3) is 11.0 Å². The van der Waals surface area contributed by atoms with Gasteiger partial charge in [0.1, 0.15) is 5.82 Å². The first kappa shape index (κ1) is 17.3. The number of H-pyrrole nitrogens is 1. The number of cyclic esters (lactones) is 1. The molecule has 1 aliphatic rings. The average molecular weight is 344 g/mol. The summed E-state index contributed by atoms with van der Waals surface area (Å²) in [5.74, 6) is 0.775. The third-order valence-electron chi connectivity index (χ3n) is 4.58. The molecule has 7 nitrogen and oxygen atoms in total.